The second-order valence-corrected chi connectivity index (χ2v) is 10.6. The Morgan fingerprint density at radius 3 is 2.63 bits per heavy atom. The minimum Gasteiger partial charge on any atom is -0.490 e. The van der Waals surface area contributed by atoms with E-state index in [0.717, 1.165) is 6.26 Å². The molecule has 0 bridgehead atoms. The van der Waals surface area contributed by atoms with Gasteiger partial charge in [-0.3, -0.25) is 0 Å². The lowest BCUT2D eigenvalue weighted by atomic mass is 10.1. The molecule has 1 aromatic carbocycles. The number of carboxylic acid groups (broad SMARTS) is 1. The van der Waals surface area contributed by atoms with E-state index in [2.05, 4.69) is 15.1 Å². The number of rotatable bonds is 8. The molecule has 1 N–H and O–H groups in total. The molecule has 0 aliphatic carbocycles. The van der Waals surface area contributed by atoms with Gasteiger partial charge in [0.1, 0.15) is 35.9 Å². The molecule has 35 heavy (non-hydrogen) atoms. The number of aromatic nitrogens is 4. The molecule has 3 aromatic rings. The molecule has 1 amide bonds. The van der Waals surface area contributed by atoms with Crippen LogP contribution in [0.25, 0.3) is 16.7 Å². The summed E-state index contributed by atoms with van der Waals surface area (Å²) in [7, 11) is 0.405. The number of carbonyl (C=O) groups is 1. The monoisotopic (exact) mass is 504 g/mol. The molecule has 0 unspecified atom stereocenters. The van der Waals surface area contributed by atoms with E-state index in [9.17, 15) is 13.2 Å². The van der Waals surface area contributed by atoms with E-state index in [4.69, 9.17) is 14.6 Å². The molecular weight excluding hydrogens is 476 g/mol. The molecule has 2 aromatic heterocycles. The average Bonchev–Trinajstić information content (AvgIpc) is 3.23. The highest BCUT2D eigenvalue weighted by Crippen LogP contribution is 2.31. The van der Waals surface area contributed by atoms with Crippen LogP contribution in [0.15, 0.2) is 35.6 Å². The first-order chi connectivity index (χ1) is 16.6. The smallest absolute Gasteiger partial charge is 0.407 e. The second-order valence-electron chi connectivity index (χ2n) is 8.61. The first-order valence-corrected chi connectivity index (χ1v) is 13.0. The van der Waals surface area contributed by atoms with Crippen molar-refractivity contribution in [2.24, 2.45) is 0 Å². The second kappa shape index (κ2) is 10.0. The Kier molecular flexibility index (Phi) is 7.08. The van der Waals surface area contributed by atoms with Gasteiger partial charge in [-0.2, -0.15) is 5.10 Å². The van der Waals surface area contributed by atoms with Gasteiger partial charge in [-0.05, 0) is 26.2 Å². The van der Waals surface area contributed by atoms with Crippen LogP contribution in [0, 0.1) is 0 Å². The number of likely N-dealkylation sites (tertiary alicyclic amines) is 1. The minimum atomic E-state index is -3.43. The Morgan fingerprint density at radius 1 is 1.23 bits per heavy atom. The third-order valence-corrected chi connectivity index (χ3v) is 6.81. The Morgan fingerprint density at radius 2 is 1.97 bits per heavy atom. The van der Waals surface area contributed by atoms with Crippen molar-refractivity contribution >= 4 is 27.0 Å². The van der Waals surface area contributed by atoms with Crippen molar-refractivity contribution in [3.05, 3.63) is 30.7 Å². The van der Waals surface area contributed by atoms with Crippen molar-refractivity contribution in [3.63, 3.8) is 0 Å². The van der Waals surface area contributed by atoms with Crippen molar-refractivity contribution in [1.82, 2.24) is 29.5 Å². The molecular formula is C22H28N6O6S. The number of hydrogen-bond donors (Lipinski definition) is 1. The number of fused-ring (bicyclic) bond motifs is 1. The molecule has 0 radical (unpaired) electrons. The first-order valence-electron chi connectivity index (χ1n) is 11.1. The summed E-state index contributed by atoms with van der Waals surface area (Å²) in [5.74, 6) is 0.722. The standard InChI is InChI=1S/C22H28N6O6S/c1-26(2)10-11-33-19-12-16(35(3,31)32)4-5-18(19)28-20-17(13-25-28)21(24-14-23-20)34-15-6-8-27(9-7-15)22(29)30/h4-5,12-15H,6-11H2,1-3H3,(H,29,30). The van der Waals surface area contributed by atoms with Gasteiger partial charge in [0.05, 0.1) is 11.1 Å². The van der Waals surface area contributed by atoms with E-state index in [-0.39, 0.29) is 11.0 Å². The number of ether oxygens (including phenoxy) is 2. The molecule has 1 fully saturated rings. The molecule has 0 spiro atoms. The molecule has 4 rings (SSSR count). The summed E-state index contributed by atoms with van der Waals surface area (Å²) in [5.41, 5.74) is 1.01. The van der Waals surface area contributed by atoms with Gasteiger partial charge in [0.2, 0.25) is 5.88 Å². The van der Waals surface area contributed by atoms with Crippen LogP contribution >= 0.6 is 0 Å². The lowest BCUT2D eigenvalue weighted by Gasteiger charge is -2.29. The van der Waals surface area contributed by atoms with Crippen LogP contribution in [0.3, 0.4) is 0 Å². The van der Waals surface area contributed by atoms with Crippen molar-refractivity contribution in [2.75, 3.05) is 46.6 Å². The molecule has 1 aliphatic rings. The number of sulfone groups is 1. The van der Waals surface area contributed by atoms with Gasteiger partial charge in [0.25, 0.3) is 0 Å². The summed E-state index contributed by atoms with van der Waals surface area (Å²) in [6.07, 6.45) is 4.12. The van der Waals surface area contributed by atoms with Crippen LogP contribution in [0.2, 0.25) is 0 Å². The number of piperidine rings is 1. The number of likely N-dealkylation sites (N-methyl/N-ethyl adjacent to an activating group) is 1. The lowest BCUT2D eigenvalue weighted by Crippen LogP contribution is -2.41. The number of benzene rings is 1. The van der Waals surface area contributed by atoms with E-state index in [1.165, 1.54) is 23.4 Å². The summed E-state index contributed by atoms with van der Waals surface area (Å²) in [5, 5.41) is 14.2. The van der Waals surface area contributed by atoms with Gasteiger partial charge >= 0.3 is 6.09 Å². The topological polar surface area (TPSA) is 140 Å². The van der Waals surface area contributed by atoms with Gasteiger partial charge in [0, 0.05) is 44.8 Å². The van der Waals surface area contributed by atoms with Crippen LogP contribution in [0.5, 0.6) is 11.6 Å². The maximum Gasteiger partial charge on any atom is 0.407 e. The highest BCUT2D eigenvalue weighted by molar-refractivity contribution is 7.90. The van der Waals surface area contributed by atoms with Gasteiger partial charge < -0.3 is 24.4 Å². The molecule has 12 nitrogen and oxygen atoms in total. The molecule has 3 heterocycles. The number of hydrogen-bond acceptors (Lipinski definition) is 9. The zero-order chi connectivity index (χ0) is 25.2. The van der Waals surface area contributed by atoms with Crippen molar-refractivity contribution in [2.45, 2.75) is 23.8 Å². The largest absolute Gasteiger partial charge is 0.490 e. The molecule has 0 atom stereocenters. The maximum absolute atomic E-state index is 12.1. The molecule has 1 saturated heterocycles. The summed E-state index contributed by atoms with van der Waals surface area (Å²) >= 11 is 0. The zero-order valence-electron chi connectivity index (χ0n) is 19.8. The fourth-order valence-electron chi connectivity index (χ4n) is 3.77. The van der Waals surface area contributed by atoms with E-state index >= 15 is 0 Å². The van der Waals surface area contributed by atoms with Crippen LogP contribution in [-0.4, -0.2) is 102 Å². The van der Waals surface area contributed by atoms with E-state index in [1.54, 1.807) is 16.9 Å². The average molecular weight is 505 g/mol. The summed E-state index contributed by atoms with van der Waals surface area (Å²) in [6, 6.07) is 4.63. The van der Waals surface area contributed by atoms with Crippen molar-refractivity contribution in [1.29, 1.82) is 0 Å². The first kappa shape index (κ1) is 24.7. The third-order valence-electron chi connectivity index (χ3n) is 5.70. The lowest BCUT2D eigenvalue weighted by molar-refractivity contribution is 0.0879. The highest BCUT2D eigenvalue weighted by atomic mass is 32.2. The quantitative estimate of drug-likeness (QED) is 0.482. The number of amides is 1. The van der Waals surface area contributed by atoms with Gasteiger partial charge in [0.15, 0.2) is 15.5 Å². The predicted molar refractivity (Wildman–Crippen MR) is 127 cm³/mol. The van der Waals surface area contributed by atoms with Gasteiger partial charge in [-0.1, -0.05) is 0 Å². The van der Waals surface area contributed by atoms with Gasteiger partial charge in [-0.25, -0.2) is 27.9 Å². The molecule has 1 aliphatic heterocycles. The highest BCUT2D eigenvalue weighted by Gasteiger charge is 2.25. The summed E-state index contributed by atoms with van der Waals surface area (Å²) in [6.45, 7) is 1.79. The molecule has 13 heteroatoms. The van der Waals surface area contributed by atoms with Crippen LogP contribution < -0.4 is 9.47 Å². The summed E-state index contributed by atoms with van der Waals surface area (Å²) in [4.78, 5) is 23.2. The van der Waals surface area contributed by atoms with Gasteiger partial charge in [-0.15, -0.1) is 0 Å². The van der Waals surface area contributed by atoms with E-state index in [1.807, 2.05) is 19.0 Å². The maximum atomic E-state index is 12.1. The van der Waals surface area contributed by atoms with E-state index < -0.39 is 15.9 Å². The predicted octanol–water partition coefficient (Wildman–Crippen LogP) is 1.68. The van der Waals surface area contributed by atoms with Crippen molar-refractivity contribution in [3.8, 4) is 17.3 Å². The van der Waals surface area contributed by atoms with Crippen LogP contribution in [-0.2, 0) is 9.84 Å². The molecule has 188 valence electrons. The fraction of sp³-hybridized carbons (Fsp3) is 0.455. The SMILES string of the molecule is CN(C)CCOc1cc(S(C)(=O)=O)ccc1-n1ncc2c(OC3CCN(C(=O)O)CC3)ncnc21. The summed E-state index contributed by atoms with van der Waals surface area (Å²) < 4.78 is 37.8. The third kappa shape index (κ3) is 5.62. The molecule has 0 saturated carbocycles. The van der Waals surface area contributed by atoms with Crippen LogP contribution in [0.1, 0.15) is 12.8 Å². The van der Waals surface area contributed by atoms with Crippen molar-refractivity contribution < 1.29 is 27.8 Å². The number of nitrogens with zero attached hydrogens (tertiary/aromatic N) is 6. The Hall–Kier alpha value is -3.45. The Bertz CT molecular complexity index is 1320. The van der Waals surface area contributed by atoms with Crippen LogP contribution in [0.4, 0.5) is 4.79 Å². The zero-order valence-corrected chi connectivity index (χ0v) is 20.6. The Labute approximate surface area is 203 Å². The normalized spacial score (nSPS) is 15.0. The van der Waals surface area contributed by atoms with E-state index in [0.29, 0.717) is 67.4 Å². The minimum absolute atomic E-state index is 0.143. The fourth-order valence-corrected chi connectivity index (χ4v) is 4.41. The Balaban J connectivity index is 1.64.